The smallest absolute Gasteiger partial charge is 0.112 e. The average Bonchev–Trinajstić information content (AvgIpc) is 2.40. The van der Waals surface area contributed by atoms with Gasteiger partial charge in [0.05, 0.1) is 18.8 Å². The summed E-state index contributed by atoms with van der Waals surface area (Å²) in [4.78, 5) is 2.56. The van der Waals surface area contributed by atoms with Gasteiger partial charge in [0.1, 0.15) is 7.85 Å². The fraction of sp³-hybridized carbons (Fsp3) is 1.00. The van der Waals surface area contributed by atoms with Gasteiger partial charge >= 0.3 is 0 Å². The van der Waals surface area contributed by atoms with Crippen molar-refractivity contribution in [2.45, 2.75) is 18.2 Å². The Bertz CT molecular complexity index is 221. The number of ether oxygens (including phenoxy) is 1. The first-order valence-electron chi connectivity index (χ1n) is 3.91. The molecule has 70 valence electrons. The number of hydrogen-bond acceptors (Lipinski definition) is 4. The first kappa shape index (κ1) is 10.3. The molecule has 1 rings (SSSR count). The summed E-state index contributed by atoms with van der Waals surface area (Å²) in [5.74, 6) is -0.420. The SMILES string of the molecule is [B][C@@H]1O[C@H](CO)[C@@H](CN=[N+]=[N-])[C@H]1O. The topological polar surface area (TPSA) is 98.5 Å². The highest BCUT2D eigenvalue weighted by Crippen LogP contribution is 2.25. The second-order valence-electron chi connectivity index (χ2n) is 2.89. The predicted octanol–water partition coefficient (Wildman–Crippen LogP) is -0.841. The fourth-order valence-corrected chi connectivity index (χ4v) is 1.38. The van der Waals surface area contributed by atoms with Gasteiger partial charge in [0.15, 0.2) is 0 Å². The minimum atomic E-state index is -0.886. The number of nitrogens with zero attached hydrogens (tertiary/aromatic N) is 3. The van der Waals surface area contributed by atoms with Crippen LogP contribution in [0.25, 0.3) is 10.4 Å². The largest absolute Gasteiger partial charge is 0.394 e. The van der Waals surface area contributed by atoms with Crippen LogP contribution in [-0.2, 0) is 4.74 Å². The highest BCUT2D eigenvalue weighted by Gasteiger charge is 2.39. The first-order valence-corrected chi connectivity index (χ1v) is 3.91. The number of aliphatic hydroxyl groups is 2. The van der Waals surface area contributed by atoms with Crippen LogP contribution in [0.3, 0.4) is 0 Å². The van der Waals surface area contributed by atoms with Gasteiger partial charge in [-0.25, -0.2) is 0 Å². The molecule has 6 nitrogen and oxygen atoms in total. The van der Waals surface area contributed by atoms with Crippen LogP contribution < -0.4 is 0 Å². The zero-order chi connectivity index (χ0) is 9.84. The fourth-order valence-electron chi connectivity index (χ4n) is 1.38. The maximum atomic E-state index is 9.44. The molecule has 1 aliphatic heterocycles. The van der Waals surface area contributed by atoms with E-state index >= 15 is 0 Å². The summed E-state index contributed by atoms with van der Waals surface area (Å²) in [6.45, 7) is -0.160. The molecule has 2 N–H and O–H groups in total. The lowest BCUT2D eigenvalue weighted by molar-refractivity contribution is 0.0246. The van der Waals surface area contributed by atoms with E-state index in [1.807, 2.05) is 0 Å². The Morgan fingerprint density at radius 2 is 2.31 bits per heavy atom. The summed E-state index contributed by atoms with van der Waals surface area (Å²) in [7, 11) is 5.39. The molecule has 1 fully saturated rings. The van der Waals surface area contributed by atoms with Crippen molar-refractivity contribution in [1.82, 2.24) is 0 Å². The summed E-state index contributed by atoms with van der Waals surface area (Å²) < 4.78 is 5.03. The van der Waals surface area contributed by atoms with Crippen LogP contribution in [-0.4, -0.2) is 49.4 Å². The molecular formula is C6H10BN3O3. The molecule has 0 aromatic carbocycles. The van der Waals surface area contributed by atoms with E-state index in [2.05, 4.69) is 10.0 Å². The van der Waals surface area contributed by atoms with E-state index in [-0.39, 0.29) is 13.2 Å². The summed E-state index contributed by atoms with van der Waals surface area (Å²) in [5.41, 5.74) is 8.08. The summed E-state index contributed by atoms with van der Waals surface area (Å²) in [6, 6.07) is -0.809. The van der Waals surface area contributed by atoms with Crippen LogP contribution in [0.15, 0.2) is 5.11 Å². The summed E-state index contributed by atoms with van der Waals surface area (Å²) >= 11 is 0. The van der Waals surface area contributed by atoms with Gasteiger partial charge in [-0.3, -0.25) is 0 Å². The van der Waals surface area contributed by atoms with E-state index in [4.69, 9.17) is 23.2 Å². The van der Waals surface area contributed by atoms with Crippen LogP contribution in [0.5, 0.6) is 0 Å². The van der Waals surface area contributed by atoms with Gasteiger partial charge in [0, 0.05) is 23.4 Å². The van der Waals surface area contributed by atoms with E-state index in [1.54, 1.807) is 0 Å². The van der Waals surface area contributed by atoms with Gasteiger partial charge in [-0.15, -0.1) is 0 Å². The average molecular weight is 183 g/mol. The zero-order valence-corrected chi connectivity index (χ0v) is 6.95. The third kappa shape index (κ3) is 2.13. The Kier molecular flexibility index (Phi) is 3.56. The molecule has 0 amide bonds. The van der Waals surface area contributed by atoms with Crippen molar-refractivity contribution in [3.63, 3.8) is 0 Å². The molecule has 1 heterocycles. The highest BCUT2D eigenvalue weighted by atomic mass is 16.5. The highest BCUT2D eigenvalue weighted by molar-refractivity contribution is 6.11. The molecule has 0 unspecified atom stereocenters. The third-order valence-electron chi connectivity index (χ3n) is 2.12. The molecule has 2 radical (unpaired) electrons. The molecule has 0 saturated carbocycles. The number of hydrogen-bond donors (Lipinski definition) is 2. The van der Waals surface area contributed by atoms with Crippen molar-refractivity contribution in [3.8, 4) is 0 Å². The third-order valence-corrected chi connectivity index (χ3v) is 2.12. The zero-order valence-electron chi connectivity index (χ0n) is 6.95. The standard InChI is InChI=1S/C6H10BN3O3/c7-6-5(12)3(1-9-10-8)4(2-11)13-6/h3-6,11-12H,1-2H2/t3-,4-,5-,6-/m1/s1. The van der Waals surface area contributed by atoms with E-state index in [9.17, 15) is 5.11 Å². The molecule has 0 bridgehead atoms. The predicted molar refractivity (Wildman–Crippen MR) is 45.0 cm³/mol. The van der Waals surface area contributed by atoms with Gasteiger partial charge in [0.2, 0.25) is 0 Å². The molecule has 0 aromatic heterocycles. The maximum Gasteiger partial charge on any atom is 0.112 e. The molecule has 4 atom stereocenters. The number of aliphatic hydroxyl groups excluding tert-OH is 2. The monoisotopic (exact) mass is 183 g/mol. The quantitative estimate of drug-likeness (QED) is 0.258. The molecular weight excluding hydrogens is 173 g/mol. The van der Waals surface area contributed by atoms with Crippen molar-refractivity contribution in [1.29, 1.82) is 0 Å². The first-order chi connectivity index (χ1) is 6.20. The van der Waals surface area contributed by atoms with Crippen LogP contribution in [0.1, 0.15) is 0 Å². The minimum Gasteiger partial charge on any atom is -0.394 e. The Hall–Kier alpha value is -0.745. The van der Waals surface area contributed by atoms with Crippen molar-refractivity contribution < 1.29 is 14.9 Å². The summed E-state index contributed by atoms with van der Waals surface area (Å²) in [6.07, 6.45) is -1.43. The second kappa shape index (κ2) is 4.48. The molecule has 0 spiro atoms. The van der Waals surface area contributed by atoms with E-state index in [0.29, 0.717) is 0 Å². The molecule has 13 heavy (non-hydrogen) atoms. The molecule has 0 aromatic rings. The van der Waals surface area contributed by atoms with Crippen LogP contribution in [0.4, 0.5) is 0 Å². The Morgan fingerprint density at radius 1 is 1.62 bits per heavy atom. The van der Waals surface area contributed by atoms with Crippen molar-refractivity contribution in [2.24, 2.45) is 11.0 Å². The van der Waals surface area contributed by atoms with E-state index in [1.165, 1.54) is 0 Å². The van der Waals surface area contributed by atoms with Gasteiger partial charge in [-0.1, -0.05) is 5.11 Å². The molecule has 1 saturated heterocycles. The van der Waals surface area contributed by atoms with Crippen LogP contribution >= 0.6 is 0 Å². The molecule has 7 heteroatoms. The second-order valence-corrected chi connectivity index (χ2v) is 2.89. The normalized spacial score (nSPS) is 38.6. The van der Waals surface area contributed by atoms with Crippen LogP contribution in [0.2, 0.25) is 0 Å². The summed E-state index contributed by atoms with van der Waals surface area (Å²) in [5, 5.41) is 21.6. The lowest BCUT2D eigenvalue weighted by atomic mass is 9.88. The van der Waals surface area contributed by atoms with Gasteiger partial charge in [0.25, 0.3) is 0 Å². The Morgan fingerprint density at radius 3 is 2.85 bits per heavy atom. The van der Waals surface area contributed by atoms with E-state index < -0.39 is 24.1 Å². The van der Waals surface area contributed by atoms with Crippen molar-refractivity contribution in [3.05, 3.63) is 10.4 Å². The Labute approximate surface area is 76.5 Å². The minimum absolute atomic E-state index is 0.0800. The van der Waals surface area contributed by atoms with Gasteiger partial charge in [-0.05, 0) is 5.53 Å². The lowest BCUT2D eigenvalue weighted by Crippen LogP contribution is -2.31. The van der Waals surface area contributed by atoms with Gasteiger partial charge < -0.3 is 14.9 Å². The lowest BCUT2D eigenvalue weighted by Gasteiger charge is -2.15. The molecule has 1 aliphatic rings. The number of rotatable bonds is 3. The maximum absolute atomic E-state index is 9.44. The van der Waals surface area contributed by atoms with Crippen LogP contribution in [0, 0.1) is 5.92 Å². The van der Waals surface area contributed by atoms with E-state index in [0.717, 1.165) is 0 Å². The molecule has 0 aliphatic carbocycles. The number of azide groups is 1. The van der Waals surface area contributed by atoms with Crippen molar-refractivity contribution >= 4 is 7.85 Å². The van der Waals surface area contributed by atoms with Gasteiger partial charge in [-0.2, -0.15) is 0 Å². The Balaban J connectivity index is 2.61. The van der Waals surface area contributed by atoms with Crippen molar-refractivity contribution in [2.75, 3.05) is 13.2 Å².